The Labute approximate surface area is 141 Å². The van der Waals surface area contributed by atoms with Crippen molar-refractivity contribution in [2.45, 2.75) is 39.4 Å². The van der Waals surface area contributed by atoms with Crippen molar-refractivity contribution in [2.75, 3.05) is 19.6 Å². The summed E-state index contributed by atoms with van der Waals surface area (Å²) in [5.41, 5.74) is 1.60. The number of carbonyl (C=O) groups is 1. The zero-order chi connectivity index (χ0) is 16.7. The van der Waals surface area contributed by atoms with E-state index in [4.69, 9.17) is 0 Å². The van der Waals surface area contributed by atoms with Crippen molar-refractivity contribution < 1.29 is 4.79 Å². The van der Waals surface area contributed by atoms with Crippen LogP contribution in [0.4, 0.5) is 0 Å². The van der Waals surface area contributed by atoms with Gasteiger partial charge in [0.05, 0.1) is 12.1 Å². The number of amides is 1. The Hall–Kier alpha value is -2.28. The summed E-state index contributed by atoms with van der Waals surface area (Å²) < 4.78 is 2.23. The summed E-state index contributed by atoms with van der Waals surface area (Å²) in [6, 6.07) is 4.16. The third-order valence-corrected chi connectivity index (χ3v) is 5.00. The smallest absolute Gasteiger partial charge is 0.255 e. The van der Waals surface area contributed by atoms with Crippen molar-refractivity contribution in [2.24, 2.45) is 0 Å². The first-order chi connectivity index (χ1) is 11.7. The number of likely N-dealkylation sites (tertiary alicyclic amines) is 1. The summed E-state index contributed by atoms with van der Waals surface area (Å²) in [4.78, 5) is 21.0. The van der Waals surface area contributed by atoms with Gasteiger partial charge in [-0.2, -0.15) is 0 Å². The molecule has 1 saturated heterocycles. The monoisotopic (exact) mass is 326 g/mol. The molecular formula is C17H22N6O. The maximum atomic E-state index is 12.4. The van der Waals surface area contributed by atoms with Gasteiger partial charge in [0.1, 0.15) is 11.6 Å². The summed E-state index contributed by atoms with van der Waals surface area (Å²) >= 11 is 0. The molecule has 0 N–H and O–H groups in total. The molecule has 126 valence electrons. The molecule has 2 aliphatic heterocycles. The van der Waals surface area contributed by atoms with Gasteiger partial charge in [-0.05, 0) is 19.1 Å². The molecule has 7 nitrogen and oxygen atoms in total. The molecule has 0 atom stereocenters. The molecule has 0 bridgehead atoms. The van der Waals surface area contributed by atoms with Gasteiger partial charge in [-0.25, -0.2) is 0 Å². The number of aromatic nitrogens is 4. The molecule has 0 unspecified atom stereocenters. The van der Waals surface area contributed by atoms with E-state index in [1.807, 2.05) is 24.0 Å². The normalized spacial score (nSPS) is 18.3. The molecule has 4 heterocycles. The van der Waals surface area contributed by atoms with Crippen molar-refractivity contribution in [3.63, 3.8) is 0 Å². The second kappa shape index (κ2) is 5.98. The zero-order valence-electron chi connectivity index (χ0n) is 14.1. The maximum absolute atomic E-state index is 12.4. The zero-order valence-corrected chi connectivity index (χ0v) is 14.1. The Morgan fingerprint density at radius 2 is 2.08 bits per heavy atom. The van der Waals surface area contributed by atoms with Gasteiger partial charge >= 0.3 is 0 Å². The fraction of sp³-hybridized carbons (Fsp3) is 0.529. The Balaban J connectivity index is 1.36. The van der Waals surface area contributed by atoms with E-state index in [0.29, 0.717) is 11.6 Å². The molecule has 4 rings (SSSR count). The van der Waals surface area contributed by atoms with Gasteiger partial charge in [0.2, 0.25) is 0 Å². The molecule has 0 aliphatic carbocycles. The summed E-state index contributed by atoms with van der Waals surface area (Å²) in [5.74, 6) is 2.19. The van der Waals surface area contributed by atoms with Crippen LogP contribution in [0, 0.1) is 6.92 Å². The van der Waals surface area contributed by atoms with Crippen LogP contribution in [0.25, 0.3) is 0 Å². The highest BCUT2D eigenvalue weighted by molar-refractivity contribution is 5.94. The van der Waals surface area contributed by atoms with Crippen LogP contribution >= 0.6 is 0 Å². The van der Waals surface area contributed by atoms with Crippen LogP contribution in [-0.2, 0) is 19.5 Å². The number of carbonyl (C=O) groups excluding carboxylic acids is 1. The first-order valence-corrected chi connectivity index (χ1v) is 8.52. The fourth-order valence-corrected chi connectivity index (χ4v) is 3.44. The number of nitrogens with zero attached hydrogens (tertiary/aromatic N) is 6. The quantitative estimate of drug-likeness (QED) is 0.838. The summed E-state index contributed by atoms with van der Waals surface area (Å²) in [6.45, 7) is 8.36. The van der Waals surface area contributed by atoms with E-state index in [9.17, 15) is 4.79 Å². The van der Waals surface area contributed by atoms with Gasteiger partial charge < -0.3 is 9.47 Å². The van der Waals surface area contributed by atoms with Crippen molar-refractivity contribution in [3.8, 4) is 0 Å². The van der Waals surface area contributed by atoms with E-state index in [1.165, 1.54) is 0 Å². The highest BCUT2D eigenvalue weighted by Gasteiger charge is 2.37. The topological polar surface area (TPSA) is 67.2 Å². The minimum atomic E-state index is 0.0761. The Morgan fingerprint density at radius 1 is 1.25 bits per heavy atom. The molecular weight excluding hydrogens is 304 g/mol. The molecule has 0 saturated carbocycles. The summed E-state index contributed by atoms with van der Waals surface area (Å²) in [5, 5.41) is 8.57. The number of fused-ring (bicyclic) bond motifs is 1. The number of aryl methyl sites for hydroxylation is 2. The molecule has 1 fully saturated rings. The number of rotatable bonds is 3. The van der Waals surface area contributed by atoms with Crippen molar-refractivity contribution >= 4 is 5.91 Å². The van der Waals surface area contributed by atoms with E-state index < -0.39 is 0 Å². The van der Waals surface area contributed by atoms with Crippen LogP contribution in [0.5, 0.6) is 0 Å². The maximum Gasteiger partial charge on any atom is 0.255 e. The third kappa shape index (κ3) is 2.58. The SMILES string of the molecule is CCc1nnc2n1CCN(C1CN(C(=O)c3ccc(C)nc3)C1)C2. The fourth-order valence-electron chi connectivity index (χ4n) is 3.44. The van der Waals surface area contributed by atoms with Gasteiger partial charge in [-0.15, -0.1) is 10.2 Å². The first kappa shape index (κ1) is 15.3. The van der Waals surface area contributed by atoms with Crippen LogP contribution in [0.3, 0.4) is 0 Å². The van der Waals surface area contributed by atoms with Crippen LogP contribution in [0.15, 0.2) is 18.3 Å². The van der Waals surface area contributed by atoms with Crippen LogP contribution in [0.2, 0.25) is 0 Å². The van der Waals surface area contributed by atoms with Crippen molar-refractivity contribution in [3.05, 3.63) is 41.2 Å². The lowest BCUT2D eigenvalue weighted by molar-refractivity contribution is 0.0165. The second-order valence-electron chi connectivity index (χ2n) is 6.56. The summed E-state index contributed by atoms with van der Waals surface area (Å²) in [6.07, 6.45) is 2.59. The van der Waals surface area contributed by atoms with Crippen LogP contribution in [-0.4, -0.2) is 61.1 Å². The van der Waals surface area contributed by atoms with Crippen LogP contribution < -0.4 is 0 Å². The minimum absolute atomic E-state index is 0.0761. The highest BCUT2D eigenvalue weighted by Crippen LogP contribution is 2.22. The lowest BCUT2D eigenvalue weighted by atomic mass is 10.0. The van der Waals surface area contributed by atoms with Crippen molar-refractivity contribution in [1.82, 2.24) is 29.5 Å². The van der Waals surface area contributed by atoms with Crippen molar-refractivity contribution in [1.29, 1.82) is 0 Å². The Bertz CT molecular complexity index is 747. The van der Waals surface area contributed by atoms with E-state index in [1.54, 1.807) is 6.20 Å². The molecule has 7 heteroatoms. The van der Waals surface area contributed by atoms with E-state index >= 15 is 0 Å². The molecule has 1 amide bonds. The molecule has 0 radical (unpaired) electrons. The van der Waals surface area contributed by atoms with E-state index in [0.717, 1.165) is 56.5 Å². The van der Waals surface area contributed by atoms with Gasteiger partial charge in [0.15, 0.2) is 0 Å². The number of hydrogen-bond acceptors (Lipinski definition) is 5. The molecule has 2 aromatic heterocycles. The Morgan fingerprint density at radius 3 is 2.79 bits per heavy atom. The number of hydrogen-bond donors (Lipinski definition) is 0. The minimum Gasteiger partial charge on any atom is -0.335 e. The third-order valence-electron chi connectivity index (χ3n) is 5.00. The Kier molecular flexibility index (Phi) is 3.80. The van der Waals surface area contributed by atoms with Gasteiger partial charge in [0.25, 0.3) is 5.91 Å². The average molecular weight is 326 g/mol. The molecule has 2 aromatic rings. The van der Waals surface area contributed by atoms with Gasteiger partial charge in [0, 0.05) is 50.5 Å². The van der Waals surface area contributed by atoms with Gasteiger partial charge in [-0.3, -0.25) is 14.7 Å². The standard InChI is InChI=1S/C17H22N6O/c1-3-15-19-20-16-11-21(6-7-23(15)16)14-9-22(10-14)17(24)13-5-4-12(2)18-8-13/h4-5,8,14H,3,6-7,9-11H2,1-2H3. The lowest BCUT2D eigenvalue weighted by Gasteiger charge is -2.46. The van der Waals surface area contributed by atoms with E-state index in [-0.39, 0.29) is 5.91 Å². The first-order valence-electron chi connectivity index (χ1n) is 8.52. The molecule has 24 heavy (non-hydrogen) atoms. The molecule has 0 aromatic carbocycles. The second-order valence-corrected chi connectivity index (χ2v) is 6.56. The van der Waals surface area contributed by atoms with E-state index in [2.05, 4.69) is 31.6 Å². The molecule has 2 aliphatic rings. The average Bonchev–Trinajstić information content (AvgIpc) is 2.96. The summed E-state index contributed by atoms with van der Waals surface area (Å²) in [7, 11) is 0. The largest absolute Gasteiger partial charge is 0.335 e. The predicted molar refractivity (Wildman–Crippen MR) is 88.5 cm³/mol. The van der Waals surface area contributed by atoms with Crippen LogP contribution in [0.1, 0.15) is 34.6 Å². The highest BCUT2D eigenvalue weighted by atomic mass is 16.2. The molecule has 0 spiro atoms. The van der Waals surface area contributed by atoms with Gasteiger partial charge in [-0.1, -0.05) is 6.92 Å². The lowest BCUT2D eigenvalue weighted by Crippen LogP contribution is -2.62. The number of pyridine rings is 1. The predicted octanol–water partition coefficient (Wildman–Crippen LogP) is 0.884.